The molecule has 0 radical (unpaired) electrons. The van der Waals surface area contributed by atoms with Gasteiger partial charge in [-0.15, -0.1) is 0 Å². The van der Waals surface area contributed by atoms with Gasteiger partial charge in [-0.1, -0.05) is 30.3 Å². The molecule has 4 rings (SSSR count). The summed E-state index contributed by atoms with van der Waals surface area (Å²) in [5.41, 5.74) is 4.86. The van der Waals surface area contributed by atoms with E-state index in [1.54, 1.807) is 0 Å². The van der Waals surface area contributed by atoms with Crippen molar-refractivity contribution in [2.45, 2.75) is 32.0 Å². The van der Waals surface area contributed by atoms with Crippen molar-refractivity contribution in [2.75, 3.05) is 31.2 Å². The summed E-state index contributed by atoms with van der Waals surface area (Å²) in [4.78, 5) is 2.49. The predicted molar refractivity (Wildman–Crippen MR) is 97.2 cm³/mol. The molecule has 3 heteroatoms. The number of piperidine rings is 1. The lowest BCUT2D eigenvalue weighted by atomic mass is 9.99. The summed E-state index contributed by atoms with van der Waals surface area (Å²) in [5.74, 6) is -0.607. The van der Waals surface area contributed by atoms with Gasteiger partial charge in [0.15, 0.2) is 5.79 Å². The van der Waals surface area contributed by atoms with Crippen LogP contribution in [0.5, 0.6) is 0 Å². The fourth-order valence-corrected chi connectivity index (χ4v) is 3.68. The van der Waals surface area contributed by atoms with Gasteiger partial charge in [0.25, 0.3) is 0 Å². The highest BCUT2D eigenvalue weighted by atomic mass is 16.7. The van der Waals surface area contributed by atoms with Crippen molar-refractivity contribution in [2.24, 2.45) is 0 Å². The molecule has 0 saturated carbocycles. The second kappa shape index (κ2) is 6.58. The number of anilines is 1. The van der Waals surface area contributed by atoms with E-state index in [9.17, 15) is 0 Å². The summed E-state index contributed by atoms with van der Waals surface area (Å²) in [5, 5.41) is 0. The maximum Gasteiger partial charge on any atom is 0.192 e. The van der Waals surface area contributed by atoms with E-state index in [0.717, 1.165) is 5.56 Å². The average molecular weight is 323 g/mol. The Morgan fingerprint density at radius 1 is 0.833 bits per heavy atom. The molecule has 0 atom stereocenters. The lowest BCUT2D eigenvalue weighted by Crippen LogP contribution is -2.29. The van der Waals surface area contributed by atoms with Gasteiger partial charge < -0.3 is 14.4 Å². The van der Waals surface area contributed by atoms with Crippen LogP contribution in [-0.4, -0.2) is 26.3 Å². The van der Waals surface area contributed by atoms with Crippen LogP contribution in [0.15, 0.2) is 48.5 Å². The molecular weight excluding hydrogens is 298 g/mol. The van der Waals surface area contributed by atoms with E-state index >= 15 is 0 Å². The molecule has 0 aromatic heterocycles. The molecule has 2 fully saturated rings. The Morgan fingerprint density at radius 2 is 1.54 bits per heavy atom. The molecule has 3 nitrogen and oxygen atoms in total. The highest BCUT2D eigenvalue weighted by Gasteiger charge is 2.33. The number of benzene rings is 2. The molecule has 0 spiro atoms. The summed E-state index contributed by atoms with van der Waals surface area (Å²) in [7, 11) is 0. The summed E-state index contributed by atoms with van der Waals surface area (Å²) >= 11 is 0. The second-order valence-electron chi connectivity index (χ2n) is 6.82. The van der Waals surface area contributed by atoms with Crippen molar-refractivity contribution < 1.29 is 9.47 Å². The number of hydrogen-bond donors (Lipinski definition) is 0. The summed E-state index contributed by atoms with van der Waals surface area (Å²) in [6.07, 6.45) is 3.98. The SMILES string of the molecule is CC1(c2cccc(-c3ccc(N4CCCCC4)cc3)c2)OCCO1. The van der Waals surface area contributed by atoms with Gasteiger partial charge in [0.2, 0.25) is 0 Å². The van der Waals surface area contributed by atoms with E-state index in [0.29, 0.717) is 13.2 Å². The maximum atomic E-state index is 5.79. The molecule has 126 valence electrons. The molecule has 2 saturated heterocycles. The van der Waals surface area contributed by atoms with Crippen LogP contribution in [0.4, 0.5) is 5.69 Å². The zero-order valence-electron chi connectivity index (χ0n) is 14.3. The first-order chi connectivity index (χ1) is 11.7. The Kier molecular flexibility index (Phi) is 4.30. The van der Waals surface area contributed by atoms with Crippen LogP contribution in [0, 0.1) is 0 Å². The van der Waals surface area contributed by atoms with Gasteiger partial charge in [0, 0.05) is 24.3 Å². The Bertz CT molecular complexity index is 683. The minimum atomic E-state index is -0.607. The van der Waals surface area contributed by atoms with Crippen LogP contribution in [0.2, 0.25) is 0 Å². The van der Waals surface area contributed by atoms with E-state index in [1.807, 2.05) is 6.92 Å². The number of hydrogen-bond acceptors (Lipinski definition) is 3. The number of ether oxygens (including phenoxy) is 2. The second-order valence-corrected chi connectivity index (χ2v) is 6.82. The Morgan fingerprint density at radius 3 is 2.25 bits per heavy atom. The third kappa shape index (κ3) is 3.06. The van der Waals surface area contributed by atoms with Gasteiger partial charge in [-0.3, -0.25) is 0 Å². The molecule has 2 aromatic carbocycles. The average Bonchev–Trinajstić information content (AvgIpc) is 3.11. The topological polar surface area (TPSA) is 21.7 Å². The van der Waals surface area contributed by atoms with E-state index in [4.69, 9.17) is 9.47 Å². The largest absolute Gasteiger partial charge is 0.372 e. The van der Waals surface area contributed by atoms with E-state index in [1.165, 1.54) is 49.2 Å². The molecule has 0 bridgehead atoms. The van der Waals surface area contributed by atoms with Crippen molar-refractivity contribution in [3.8, 4) is 11.1 Å². The van der Waals surface area contributed by atoms with Crippen LogP contribution in [0.25, 0.3) is 11.1 Å². The minimum absolute atomic E-state index is 0.607. The van der Waals surface area contributed by atoms with Gasteiger partial charge in [0.05, 0.1) is 13.2 Å². The summed E-state index contributed by atoms with van der Waals surface area (Å²) < 4.78 is 11.6. The van der Waals surface area contributed by atoms with Crippen LogP contribution >= 0.6 is 0 Å². The van der Waals surface area contributed by atoms with Crippen molar-refractivity contribution in [1.29, 1.82) is 0 Å². The maximum absolute atomic E-state index is 5.79. The highest BCUT2D eigenvalue weighted by molar-refractivity contribution is 5.67. The molecule has 24 heavy (non-hydrogen) atoms. The number of rotatable bonds is 3. The molecule has 2 aliphatic rings. The van der Waals surface area contributed by atoms with Crippen LogP contribution < -0.4 is 4.90 Å². The standard InChI is InChI=1S/C21H25NO2/c1-21(23-14-15-24-21)19-7-5-6-18(16-19)17-8-10-20(11-9-17)22-12-3-2-4-13-22/h5-11,16H,2-4,12-15H2,1H3. The summed E-state index contributed by atoms with van der Waals surface area (Å²) in [6, 6.07) is 17.4. The van der Waals surface area contributed by atoms with E-state index in [2.05, 4.69) is 53.4 Å². The Balaban J connectivity index is 1.57. The highest BCUT2D eigenvalue weighted by Crippen LogP contribution is 2.33. The van der Waals surface area contributed by atoms with Gasteiger partial charge in [-0.2, -0.15) is 0 Å². The van der Waals surface area contributed by atoms with Crippen molar-refractivity contribution in [1.82, 2.24) is 0 Å². The quantitative estimate of drug-likeness (QED) is 0.826. The molecular formula is C21H25NO2. The van der Waals surface area contributed by atoms with Crippen LogP contribution in [0.3, 0.4) is 0 Å². The third-order valence-electron chi connectivity index (χ3n) is 5.15. The lowest BCUT2D eigenvalue weighted by Gasteiger charge is -2.29. The zero-order valence-corrected chi connectivity index (χ0v) is 14.3. The first-order valence-corrected chi connectivity index (χ1v) is 8.98. The normalized spacial score (nSPS) is 20.3. The molecule has 2 heterocycles. The van der Waals surface area contributed by atoms with E-state index < -0.39 is 5.79 Å². The lowest BCUT2D eigenvalue weighted by molar-refractivity contribution is -0.149. The zero-order chi connectivity index (χ0) is 16.4. The predicted octanol–water partition coefficient (Wildman–Crippen LogP) is 4.56. The molecule has 0 N–H and O–H groups in total. The molecule has 2 aromatic rings. The van der Waals surface area contributed by atoms with E-state index in [-0.39, 0.29) is 0 Å². The molecule has 2 aliphatic heterocycles. The van der Waals surface area contributed by atoms with Crippen LogP contribution in [0.1, 0.15) is 31.7 Å². The molecule has 0 unspecified atom stereocenters. The first-order valence-electron chi connectivity index (χ1n) is 8.98. The Labute approximate surface area is 144 Å². The first kappa shape index (κ1) is 15.7. The summed E-state index contributed by atoms with van der Waals surface area (Å²) in [6.45, 7) is 5.68. The van der Waals surface area contributed by atoms with Gasteiger partial charge in [-0.05, 0) is 55.5 Å². The fourth-order valence-electron chi connectivity index (χ4n) is 3.68. The third-order valence-corrected chi connectivity index (χ3v) is 5.15. The van der Waals surface area contributed by atoms with Gasteiger partial charge in [-0.25, -0.2) is 0 Å². The van der Waals surface area contributed by atoms with Crippen molar-refractivity contribution in [3.05, 3.63) is 54.1 Å². The fraction of sp³-hybridized carbons (Fsp3) is 0.429. The smallest absolute Gasteiger partial charge is 0.192 e. The minimum Gasteiger partial charge on any atom is -0.372 e. The van der Waals surface area contributed by atoms with Crippen molar-refractivity contribution in [3.63, 3.8) is 0 Å². The monoisotopic (exact) mass is 323 g/mol. The molecule has 0 aliphatic carbocycles. The van der Waals surface area contributed by atoms with Crippen molar-refractivity contribution >= 4 is 5.69 Å². The van der Waals surface area contributed by atoms with Gasteiger partial charge in [0.1, 0.15) is 0 Å². The van der Waals surface area contributed by atoms with Gasteiger partial charge >= 0.3 is 0 Å². The van der Waals surface area contributed by atoms with Crippen LogP contribution in [-0.2, 0) is 15.3 Å². The Hall–Kier alpha value is -1.84. The molecule has 0 amide bonds. The number of nitrogens with zero attached hydrogens (tertiary/aromatic N) is 1.